The van der Waals surface area contributed by atoms with Gasteiger partial charge in [-0.2, -0.15) is 0 Å². The number of hydrogen-bond donors (Lipinski definition) is 0. The monoisotopic (exact) mass is 225 g/mol. The molecule has 2 aliphatic rings. The van der Waals surface area contributed by atoms with Crippen molar-refractivity contribution in [1.82, 2.24) is 4.90 Å². The summed E-state index contributed by atoms with van der Waals surface area (Å²) in [7, 11) is 0. The number of carbonyl (C=O) groups excluding carboxylic acids is 1. The van der Waals surface area contributed by atoms with Crippen LogP contribution in [0.2, 0.25) is 0 Å². The van der Waals surface area contributed by atoms with Crippen molar-refractivity contribution in [3.8, 4) is 0 Å². The second-order valence-electron chi connectivity index (χ2n) is 4.69. The van der Waals surface area contributed by atoms with Crippen LogP contribution in [0.5, 0.6) is 0 Å². The van der Waals surface area contributed by atoms with Crippen LogP contribution in [0.3, 0.4) is 0 Å². The Balaban J connectivity index is 2.07. The lowest BCUT2D eigenvalue weighted by Crippen LogP contribution is -2.54. The molecule has 16 heavy (non-hydrogen) atoms. The molecule has 4 nitrogen and oxygen atoms in total. The number of rotatable bonds is 3. The molecule has 0 aromatic rings. The first-order valence-electron chi connectivity index (χ1n) is 5.83. The molecule has 0 atom stereocenters. The molecule has 2 rings (SSSR count). The SMILES string of the molecule is CC(C)(C(=O)C1=CCCO1)N1CCOCC1. The minimum atomic E-state index is -0.486. The molecule has 2 heterocycles. The highest BCUT2D eigenvalue weighted by molar-refractivity contribution is 6.00. The minimum absolute atomic E-state index is 0.0897. The summed E-state index contributed by atoms with van der Waals surface area (Å²) in [4.78, 5) is 14.5. The molecule has 0 radical (unpaired) electrons. The largest absolute Gasteiger partial charge is 0.490 e. The van der Waals surface area contributed by atoms with Gasteiger partial charge in [0.1, 0.15) is 0 Å². The van der Waals surface area contributed by atoms with E-state index in [0.29, 0.717) is 25.6 Å². The molecule has 0 aliphatic carbocycles. The molecular formula is C12H19NO3. The Hall–Kier alpha value is -0.870. The Morgan fingerprint density at radius 3 is 2.56 bits per heavy atom. The summed E-state index contributed by atoms with van der Waals surface area (Å²) in [5.41, 5.74) is -0.486. The lowest BCUT2D eigenvalue weighted by Gasteiger charge is -2.39. The molecule has 0 aromatic heterocycles. The van der Waals surface area contributed by atoms with Gasteiger partial charge >= 0.3 is 0 Å². The Morgan fingerprint density at radius 2 is 2.00 bits per heavy atom. The average Bonchev–Trinajstić information content (AvgIpc) is 2.82. The van der Waals surface area contributed by atoms with E-state index < -0.39 is 5.54 Å². The van der Waals surface area contributed by atoms with Gasteiger partial charge in [0.05, 0.1) is 25.4 Å². The van der Waals surface area contributed by atoms with E-state index in [4.69, 9.17) is 9.47 Å². The molecular weight excluding hydrogens is 206 g/mol. The van der Waals surface area contributed by atoms with E-state index in [-0.39, 0.29) is 5.78 Å². The predicted molar refractivity (Wildman–Crippen MR) is 60.1 cm³/mol. The molecule has 0 N–H and O–H groups in total. The molecule has 1 saturated heterocycles. The van der Waals surface area contributed by atoms with Crippen molar-refractivity contribution in [1.29, 1.82) is 0 Å². The van der Waals surface area contributed by atoms with Crippen LogP contribution in [0, 0.1) is 0 Å². The highest BCUT2D eigenvalue weighted by atomic mass is 16.5. The van der Waals surface area contributed by atoms with E-state index in [2.05, 4.69) is 4.90 Å². The van der Waals surface area contributed by atoms with Gasteiger partial charge in [-0.05, 0) is 19.9 Å². The third-order valence-corrected chi connectivity index (χ3v) is 3.29. The summed E-state index contributed by atoms with van der Waals surface area (Å²) in [5.74, 6) is 0.628. The summed E-state index contributed by atoms with van der Waals surface area (Å²) in [6, 6.07) is 0. The molecule has 4 heteroatoms. The van der Waals surface area contributed by atoms with Crippen molar-refractivity contribution in [2.24, 2.45) is 0 Å². The Kier molecular flexibility index (Phi) is 3.30. The maximum absolute atomic E-state index is 12.3. The van der Waals surface area contributed by atoms with Crippen LogP contribution in [0.4, 0.5) is 0 Å². The van der Waals surface area contributed by atoms with E-state index in [1.807, 2.05) is 19.9 Å². The topological polar surface area (TPSA) is 38.8 Å². The van der Waals surface area contributed by atoms with Gasteiger partial charge < -0.3 is 9.47 Å². The van der Waals surface area contributed by atoms with Gasteiger partial charge in [-0.25, -0.2) is 0 Å². The summed E-state index contributed by atoms with van der Waals surface area (Å²) in [6.07, 6.45) is 2.74. The van der Waals surface area contributed by atoms with Crippen LogP contribution in [0.25, 0.3) is 0 Å². The average molecular weight is 225 g/mol. The normalized spacial score (nSPS) is 22.8. The maximum atomic E-state index is 12.3. The third-order valence-electron chi connectivity index (χ3n) is 3.29. The van der Waals surface area contributed by atoms with E-state index in [0.717, 1.165) is 19.5 Å². The number of ketones is 1. The number of hydrogen-bond acceptors (Lipinski definition) is 4. The van der Waals surface area contributed by atoms with Gasteiger partial charge in [0.2, 0.25) is 5.78 Å². The van der Waals surface area contributed by atoms with Gasteiger partial charge in [0.15, 0.2) is 5.76 Å². The molecule has 0 unspecified atom stereocenters. The zero-order chi connectivity index (χ0) is 11.6. The predicted octanol–water partition coefficient (Wildman–Crippen LogP) is 0.970. The Morgan fingerprint density at radius 1 is 1.31 bits per heavy atom. The lowest BCUT2D eigenvalue weighted by molar-refractivity contribution is -0.131. The highest BCUT2D eigenvalue weighted by Crippen LogP contribution is 2.24. The van der Waals surface area contributed by atoms with Crippen molar-refractivity contribution in [3.05, 3.63) is 11.8 Å². The number of morpholine rings is 1. The van der Waals surface area contributed by atoms with Crippen molar-refractivity contribution in [2.75, 3.05) is 32.9 Å². The second-order valence-corrected chi connectivity index (χ2v) is 4.69. The van der Waals surface area contributed by atoms with Crippen LogP contribution in [0.1, 0.15) is 20.3 Å². The van der Waals surface area contributed by atoms with Crippen LogP contribution in [0.15, 0.2) is 11.8 Å². The van der Waals surface area contributed by atoms with Gasteiger partial charge in [-0.1, -0.05) is 0 Å². The Bertz CT molecular complexity index is 303. The fourth-order valence-electron chi connectivity index (χ4n) is 2.14. The fraction of sp³-hybridized carbons (Fsp3) is 0.750. The van der Waals surface area contributed by atoms with E-state index >= 15 is 0 Å². The number of nitrogens with zero attached hydrogens (tertiary/aromatic N) is 1. The van der Waals surface area contributed by atoms with Crippen LogP contribution >= 0.6 is 0 Å². The zero-order valence-corrected chi connectivity index (χ0v) is 9.99. The van der Waals surface area contributed by atoms with E-state index in [1.165, 1.54) is 0 Å². The van der Waals surface area contributed by atoms with Crippen LogP contribution in [-0.2, 0) is 14.3 Å². The first-order valence-corrected chi connectivity index (χ1v) is 5.83. The first-order chi connectivity index (χ1) is 7.62. The lowest BCUT2D eigenvalue weighted by atomic mass is 9.94. The third kappa shape index (κ3) is 2.13. The van der Waals surface area contributed by atoms with Crippen molar-refractivity contribution >= 4 is 5.78 Å². The number of Topliss-reactive ketones (excluding diaryl/α,β-unsaturated/α-hetero) is 1. The van der Waals surface area contributed by atoms with Gasteiger partial charge in [0, 0.05) is 19.5 Å². The summed E-state index contributed by atoms with van der Waals surface area (Å²) in [5, 5.41) is 0. The molecule has 90 valence electrons. The highest BCUT2D eigenvalue weighted by Gasteiger charge is 2.38. The summed E-state index contributed by atoms with van der Waals surface area (Å²) >= 11 is 0. The smallest absolute Gasteiger partial charge is 0.216 e. The molecule has 0 bridgehead atoms. The number of ether oxygens (including phenoxy) is 2. The molecule has 1 fully saturated rings. The summed E-state index contributed by atoms with van der Waals surface area (Å²) < 4.78 is 10.6. The standard InChI is InChI=1S/C12H19NO3/c1-12(2,13-5-8-15-9-6-13)11(14)10-4-3-7-16-10/h4H,3,5-9H2,1-2H3. The van der Waals surface area contributed by atoms with Gasteiger partial charge in [-0.15, -0.1) is 0 Å². The minimum Gasteiger partial charge on any atom is -0.490 e. The molecule has 0 amide bonds. The maximum Gasteiger partial charge on any atom is 0.216 e. The number of carbonyl (C=O) groups is 1. The van der Waals surface area contributed by atoms with Gasteiger partial charge in [0.25, 0.3) is 0 Å². The van der Waals surface area contributed by atoms with Crippen LogP contribution < -0.4 is 0 Å². The van der Waals surface area contributed by atoms with Gasteiger partial charge in [-0.3, -0.25) is 9.69 Å². The zero-order valence-electron chi connectivity index (χ0n) is 9.99. The van der Waals surface area contributed by atoms with Crippen molar-refractivity contribution < 1.29 is 14.3 Å². The molecule has 2 aliphatic heterocycles. The first kappa shape index (κ1) is 11.6. The molecule has 0 spiro atoms. The van der Waals surface area contributed by atoms with E-state index in [9.17, 15) is 4.79 Å². The van der Waals surface area contributed by atoms with E-state index in [1.54, 1.807) is 0 Å². The Labute approximate surface area is 96.2 Å². The molecule has 0 saturated carbocycles. The molecule has 0 aromatic carbocycles. The van der Waals surface area contributed by atoms with Crippen molar-refractivity contribution in [2.45, 2.75) is 25.8 Å². The second kappa shape index (κ2) is 4.55. The fourth-order valence-corrected chi connectivity index (χ4v) is 2.14. The van der Waals surface area contributed by atoms with Crippen molar-refractivity contribution in [3.63, 3.8) is 0 Å². The summed E-state index contributed by atoms with van der Waals surface area (Å²) in [6.45, 7) is 7.60. The van der Waals surface area contributed by atoms with Crippen LogP contribution in [-0.4, -0.2) is 49.1 Å². The quantitative estimate of drug-likeness (QED) is 0.717.